The van der Waals surface area contributed by atoms with Crippen LogP contribution in [-0.4, -0.2) is 32.8 Å². The maximum atomic E-state index is 12.6. The monoisotopic (exact) mass is 438 g/mol. The summed E-state index contributed by atoms with van der Waals surface area (Å²) in [5.74, 6) is 0.607. The molecule has 1 aliphatic carbocycles. The number of aromatic nitrogens is 3. The van der Waals surface area contributed by atoms with Crippen molar-refractivity contribution in [2.75, 3.05) is 7.05 Å². The molecule has 5 rings (SSSR count). The van der Waals surface area contributed by atoms with Gasteiger partial charge in [0.15, 0.2) is 0 Å². The number of carbonyl (C=O) groups excluding carboxylic acids is 1. The standard InChI is InChI=1S/C22H22N4O2S2/c1-26(12-18-23-14-7-3-5-9-16(14)29-18)19(27)11-10-17-24-21(28)20-13-6-2-4-8-15(13)30-22(20)25-17/h3,5,7,9H,2,4,6,8,10-12H2,1H3,(H,24,25,28). The maximum absolute atomic E-state index is 12.6. The quantitative estimate of drug-likeness (QED) is 0.510. The molecule has 0 radical (unpaired) electrons. The van der Waals surface area contributed by atoms with Crippen molar-refractivity contribution in [1.82, 2.24) is 19.9 Å². The van der Waals surface area contributed by atoms with Crippen LogP contribution in [0.25, 0.3) is 20.4 Å². The van der Waals surface area contributed by atoms with Crippen LogP contribution in [0.5, 0.6) is 0 Å². The normalized spacial score (nSPS) is 13.6. The summed E-state index contributed by atoms with van der Waals surface area (Å²) >= 11 is 3.25. The number of nitrogens with zero attached hydrogens (tertiary/aromatic N) is 3. The highest BCUT2D eigenvalue weighted by Crippen LogP contribution is 2.33. The lowest BCUT2D eigenvalue weighted by atomic mass is 9.97. The van der Waals surface area contributed by atoms with Gasteiger partial charge in [-0.1, -0.05) is 12.1 Å². The van der Waals surface area contributed by atoms with Crippen molar-refractivity contribution in [2.24, 2.45) is 0 Å². The SMILES string of the molecule is CN(Cc1nc2ccccc2s1)C(=O)CCc1nc2sc3c(c2c(=O)[nH]1)CCCC3. The molecule has 8 heteroatoms. The fourth-order valence-corrected chi connectivity index (χ4v) is 6.32. The first kappa shape index (κ1) is 19.4. The molecule has 0 unspecified atom stereocenters. The van der Waals surface area contributed by atoms with E-state index in [0.29, 0.717) is 25.2 Å². The Hall–Kier alpha value is -2.58. The molecule has 3 aromatic heterocycles. The minimum Gasteiger partial charge on any atom is -0.339 e. The van der Waals surface area contributed by atoms with E-state index < -0.39 is 0 Å². The zero-order valence-corrected chi connectivity index (χ0v) is 18.4. The van der Waals surface area contributed by atoms with E-state index in [1.807, 2.05) is 24.3 Å². The lowest BCUT2D eigenvalue weighted by molar-refractivity contribution is -0.130. The molecule has 4 aromatic rings. The number of hydrogen-bond acceptors (Lipinski definition) is 6. The number of fused-ring (bicyclic) bond motifs is 4. The Labute approximate surface area is 181 Å². The van der Waals surface area contributed by atoms with Crippen molar-refractivity contribution >= 4 is 49.0 Å². The van der Waals surface area contributed by atoms with Crippen LogP contribution in [0.1, 0.15) is 40.5 Å². The molecular weight excluding hydrogens is 416 g/mol. The van der Waals surface area contributed by atoms with Gasteiger partial charge in [-0.15, -0.1) is 22.7 Å². The first-order valence-electron chi connectivity index (χ1n) is 10.2. The van der Waals surface area contributed by atoms with E-state index >= 15 is 0 Å². The van der Waals surface area contributed by atoms with Crippen molar-refractivity contribution in [1.29, 1.82) is 0 Å². The average Bonchev–Trinajstić information content (AvgIpc) is 3.32. The fraction of sp³-hybridized carbons (Fsp3) is 0.364. The maximum Gasteiger partial charge on any atom is 0.259 e. The van der Waals surface area contributed by atoms with Gasteiger partial charge in [-0.25, -0.2) is 9.97 Å². The lowest BCUT2D eigenvalue weighted by Gasteiger charge is -2.15. The van der Waals surface area contributed by atoms with Gasteiger partial charge in [-0.3, -0.25) is 9.59 Å². The van der Waals surface area contributed by atoms with Crippen LogP contribution in [0.15, 0.2) is 29.1 Å². The van der Waals surface area contributed by atoms with Crippen LogP contribution in [0.2, 0.25) is 0 Å². The summed E-state index contributed by atoms with van der Waals surface area (Å²) in [6.45, 7) is 0.485. The Morgan fingerprint density at radius 1 is 1.17 bits per heavy atom. The molecule has 0 atom stereocenters. The second-order valence-corrected chi connectivity index (χ2v) is 9.93. The van der Waals surface area contributed by atoms with Crippen LogP contribution in [0, 0.1) is 0 Å². The number of rotatable bonds is 5. The number of carbonyl (C=O) groups is 1. The van der Waals surface area contributed by atoms with Crippen molar-refractivity contribution in [3.63, 3.8) is 0 Å². The molecule has 1 aliphatic rings. The second kappa shape index (κ2) is 7.92. The summed E-state index contributed by atoms with van der Waals surface area (Å²) in [5.41, 5.74) is 2.09. The molecular formula is C22H22N4O2S2. The molecule has 1 amide bonds. The van der Waals surface area contributed by atoms with Crippen molar-refractivity contribution in [3.05, 3.63) is 55.9 Å². The number of H-pyrrole nitrogens is 1. The minimum atomic E-state index is -0.0651. The number of aryl methyl sites for hydroxylation is 3. The molecule has 0 spiro atoms. The third-order valence-electron chi connectivity index (χ3n) is 5.59. The first-order valence-corrected chi connectivity index (χ1v) is 11.8. The molecule has 6 nitrogen and oxygen atoms in total. The van der Waals surface area contributed by atoms with E-state index in [1.54, 1.807) is 34.6 Å². The third kappa shape index (κ3) is 3.65. The average molecular weight is 439 g/mol. The van der Waals surface area contributed by atoms with Gasteiger partial charge in [-0.05, 0) is 43.4 Å². The molecule has 0 saturated carbocycles. The number of thiophene rings is 1. The van der Waals surface area contributed by atoms with Crippen LogP contribution in [0.4, 0.5) is 0 Å². The summed E-state index contributed by atoms with van der Waals surface area (Å²) < 4.78 is 1.13. The Bertz CT molecular complexity index is 1270. The van der Waals surface area contributed by atoms with Gasteiger partial charge in [0, 0.05) is 24.8 Å². The highest BCUT2D eigenvalue weighted by Gasteiger charge is 2.20. The van der Waals surface area contributed by atoms with E-state index in [0.717, 1.165) is 44.7 Å². The number of para-hydroxylation sites is 1. The highest BCUT2D eigenvalue weighted by molar-refractivity contribution is 7.19. The van der Waals surface area contributed by atoms with E-state index in [9.17, 15) is 9.59 Å². The molecule has 0 bridgehead atoms. The number of benzene rings is 1. The van der Waals surface area contributed by atoms with E-state index in [2.05, 4.69) is 15.0 Å². The number of amides is 1. The predicted molar refractivity (Wildman–Crippen MR) is 121 cm³/mol. The number of hydrogen-bond donors (Lipinski definition) is 1. The van der Waals surface area contributed by atoms with Gasteiger partial charge in [0.2, 0.25) is 5.91 Å². The van der Waals surface area contributed by atoms with Gasteiger partial charge in [0.25, 0.3) is 5.56 Å². The Morgan fingerprint density at radius 3 is 2.87 bits per heavy atom. The summed E-state index contributed by atoms with van der Waals surface area (Å²) in [6, 6.07) is 7.99. The second-order valence-electron chi connectivity index (χ2n) is 7.73. The van der Waals surface area contributed by atoms with Crippen molar-refractivity contribution in [2.45, 2.75) is 45.1 Å². The van der Waals surface area contributed by atoms with Crippen molar-refractivity contribution in [3.8, 4) is 0 Å². The Balaban J connectivity index is 1.27. The van der Waals surface area contributed by atoms with Crippen molar-refractivity contribution < 1.29 is 4.79 Å². The molecule has 0 aliphatic heterocycles. The zero-order chi connectivity index (χ0) is 20.7. The molecule has 1 N–H and O–H groups in total. The minimum absolute atomic E-state index is 0.0162. The molecule has 0 fully saturated rings. The molecule has 154 valence electrons. The summed E-state index contributed by atoms with van der Waals surface area (Å²) in [7, 11) is 1.79. The fourth-order valence-electron chi connectivity index (χ4n) is 4.02. The number of aromatic amines is 1. The molecule has 0 saturated heterocycles. The van der Waals surface area contributed by atoms with E-state index in [-0.39, 0.29) is 11.5 Å². The number of thiazole rings is 1. The van der Waals surface area contributed by atoms with Gasteiger partial charge in [-0.2, -0.15) is 0 Å². The Kier molecular flexibility index (Phi) is 5.12. The number of nitrogens with one attached hydrogen (secondary N) is 1. The summed E-state index contributed by atoms with van der Waals surface area (Å²) in [4.78, 5) is 41.3. The summed E-state index contributed by atoms with van der Waals surface area (Å²) in [6.07, 6.45) is 5.06. The smallest absolute Gasteiger partial charge is 0.259 e. The summed E-state index contributed by atoms with van der Waals surface area (Å²) in [5, 5.41) is 1.68. The van der Waals surface area contributed by atoms with E-state index in [1.165, 1.54) is 16.9 Å². The van der Waals surface area contributed by atoms with Gasteiger partial charge < -0.3 is 9.88 Å². The van der Waals surface area contributed by atoms with Crippen LogP contribution < -0.4 is 5.56 Å². The molecule has 1 aromatic carbocycles. The predicted octanol–water partition coefficient (Wildman–Crippen LogP) is 4.06. The third-order valence-corrected chi connectivity index (χ3v) is 7.79. The van der Waals surface area contributed by atoms with Gasteiger partial charge in [0.05, 0.1) is 22.1 Å². The first-order chi connectivity index (χ1) is 14.6. The molecule has 30 heavy (non-hydrogen) atoms. The van der Waals surface area contributed by atoms with E-state index in [4.69, 9.17) is 0 Å². The Morgan fingerprint density at radius 2 is 2.00 bits per heavy atom. The lowest BCUT2D eigenvalue weighted by Crippen LogP contribution is -2.26. The topological polar surface area (TPSA) is 79.0 Å². The zero-order valence-electron chi connectivity index (χ0n) is 16.7. The van der Waals surface area contributed by atoms with Crippen LogP contribution in [-0.2, 0) is 30.6 Å². The van der Waals surface area contributed by atoms with Gasteiger partial charge >= 0.3 is 0 Å². The largest absolute Gasteiger partial charge is 0.339 e. The van der Waals surface area contributed by atoms with Gasteiger partial charge in [0.1, 0.15) is 15.7 Å². The van der Waals surface area contributed by atoms with Crippen LogP contribution >= 0.6 is 22.7 Å². The highest BCUT2D eigenvalue weighted by atomic mass is 32.1. The van der Waals surface area contributed by atoms with Crippen LogP contribution in [0.3, 0.4) is 0 Å². The molecule has 3 heterocycles.